The van der Waals surface area contributed by atoms with E-state index in [1.54, 1.807) is 0 Å². The van der Waals surface area contributed by atoms with Crippen molar-refractivity contribution in [1.82, 2.24) is 0 Å². The van der Waals surface area contributed by atoms with Crippen molar-refractivity contribution in [2.45, 2.75) is 65.5 Å². The van der Waals surface area contributed by atoms with Crippen molar-refractivity contribution in [2.75, 3.05) is 0 Å². The second kappa shape index (κ2) is 11.4. The first-order chi connectivity index (χ1) is 6.33. The molecule has 0 aliphatic rings. The van der Waals surface area contributed by atoms with Crippen molar-refractivity contribution < 1.29 is 103 Å². The Hall–Kier alpha value is 2.61. The van der Waals surface area contributed by atoms with E-state index in [0.717, 1.165) is 12.8 Å². The van der Waals surface area contributed by atoms with Crippen LogP contribution >= 0.6 is 0 Å². The molecular formula is C12H24K2N2. The molecule has 0 radical (unpaired) electrons. The molecule has 0 unspecified atom stereocenters. The monoisotopic (exact) mass is 274 g/mol. The van der Waals surface area contributed by atoms with Crippen LogP contribution in [-0.2, 0) is 0 Å². The van der Waals surface area contributed by atoms with E-state index in [0.29, 0.717) is 0 Å². The maximum absolute atomic E-state index is 4.44. The van der Waals surface area contributed by atoms with E-state index in [2.05, 4.69) is 52.2 Å². The van der Waals surface area contributed by atoms with Crippen LogP contribution in [0.25, 0.3) is 10.6 Å². The van der Waals surface area contributed by atoms with Crippen molar-refractivity contribution in [3.05, 3.63) is 23.0 Å². The van der Waals surface area contributed by atoms with Crippen molar-refractivity contribution in [1.29, 1.82) is 0 Å². The van der Waals surface area contributed by atoms with Gasteiger partial charge in [-0.15, -0.1) is 11.1 Å². The minimum absolute atomic E-state index is 0. The summed E-state index contributed by atoms with van der Waals surface area (Å²) >= 11 is 0. The molecule has 0 rings (SSSR count). The van der Waals surface area contributed by atoms with Crippen molar-refractivity contribution >= 4 is 0 Å². The zero-order valence-corrected chi connectivity index (χ0v) is 18.7. The Kier molecular flexibility index (Phi) is 16.9. The van der Waals surface area contributed by atoms with Gasteiger partial charge in [0.05, 0.1) is 0 Å². The van der Waals surface area contributed by atoms with E-state index in [-0.39, 0.29) is 114 Å². The van der Waals surface area contributed by atoms with Crippen molar-refractivity contribution in [2.24, 2.45) is 0 Å². The van der Waals surface area contributed by atoms with Gasteiger partial charge in [-0.25, -0.2) is 12.4 Å². The molecule has 0 saturated carbocycles. The summed E-state index contributed by atoms with van der Waals surface area (Å²) < 4.78 is 0. The SMILES string of the molecule is CCC(C)(C)[N-]C=C[N-]C(C)(C)CC.[K+].[K+]. The van der Waals surface area contributed by atoms with E-state index in [1.807, 2.05) is 12.4 Å². The summed E-state index contributed by atoms with van der Waals surface area (Å²) in [6.07, 6.45) is 5.74. The van der Waals surface area contributed by atoms with E-state index in [1.165, 1.54) is 0 Å². The van der Waals surface area contributed by atoms with E-state index >= 15 is 0 Å². The normalized spacial score (nSPS) is 11.6. The summed E-state index contributed by atoms with van der Waals surface area (Å²) in [5.74, 6) is 0. The number of rotatable bonds is 6. The van der Waals surface area contributed by atoms with Crippen LogP contribution in [0.15, 0.2) is 12.4 Å². The van der Waals surface area contributed by atoms with Crippen molar-refractivity contribution in [3.63, 3.8) is 0 Å². The smallest absolute Gasteiger partial charge is 0.687 e. The summed E-state index contributed by atoms with van der Waals surface area (Å²) in [6, 6.07) is 0. The average molecular weight is 275 g/mol. The Balaban J connectivity index is -0.000000845. The van der Waals surface area contributed by atoms with E-state index in [4.69, 9.17) is 0 Å². The topological polar surface area (TPSA) is 28.2 Å². The fourth-order valence-electron chi connectivity index (χ4n) is 0.653. The molecule has 0 aromatic rings. The zero-order chi connectivity index (χ0) is 11.2. The van der Waals surface area contributed by atoms with E-state index in [9.17, 15) is 0 Å². The molecule has 0 aliphatic heterocycles. The maximum Gasteiger partial charge on any atom is 1.00 e. The fourth-order valence-corrected chi connectivity index (χ4v) is 0.653. The predicted molar refractivity (Wildman–Crippen MR) is 64.6 cm³/mol. The molecule has 0 N–H and O–H groups in total. The first-order valence-corrected chi connectivity index (χ1v) is 5.42. The molecule has 0 fully saturated rings. The Morgan fingerprint density at radius 1 is 0.750 bits per heavy atom. The minimum atomic E-state index is 0. The molecule has 0 aromatic carbocycles. The van der Waals surface area contributed by atoms with Crippen LogP contribution in [0.2, 0.25) is 0 Å². The first kappa shape index (κ1) is 23.7. The van der Waals surface area contributed by atoms with Crippen LogP contribution in [0.3, 0.4) is 0 Å². The summed E-state index contributed by atoms with van der Waals surface area (Å²) in [5.41, 5.74) is 0.0881. The maximum atomic E-state index is 4.44. The van der Waals surface area contributed by atoms with Gasteiger partial charge < -0.3 is 10.6 Å². The molecule has 0 heterocycles. The van der Waals surface area contributed by atoms with Gasteiger partial charge in [-0.2, -0.15) is 0 Å². The molecule has 4 heteroatoms. The van der Waals surface area contributed by atoms with Gasteiger partial charge in [-0.1, -0.05) is 54.4 Å². The third kappa shape index (κ3) is 13.1. The van der Waals surface area contributed by atoms with Gasteiger partial charge in [-0.05, 0) is 0 Å². The fraction of sp³-hybridized carbons (Fsp3) is 0.833. The van der Waals surface area contributed by atoms with Gasteiger partial charge in [0.25, 0.3) is 0 Å². The molecule has 0 bridgehead atoms. The molecule has 84 valence electrons. The molecule has 0 aromatic heterocycles. The quantitative estimate of drug-likeness (QED) is 0.533. The number of nitrogens with zero attached hydrogens (tertiary/aromatic N) is 2. The molecule has 0 aliphatic carbocycles. The van der Waals surface area contributed by atoms with Crippen LogP contribution in [0, 0.1) is 0 Å². The Morgan fingerprint density at radius 3 is 1.19 bits per heavy atom. The minimum Gasteiger partial charge on any atom is -0.687 e. The van der Waals surface area contributed by atoms with Crippen LogP contribution in [-0.4, -0.2) is 11.1 Å². The van der Waals surface area contributed by atoms with Gasteiger partial charge in [0, 0.05) is 0 Å². The second-order valence-corrected chi connectivity index (χ2v) is 4.89. The number of hydrogen-bond donors (Lipinski definition) is 0. The summed E-state index contributed by atoms with van der Waals surface area (Å²) in [6.45, 7) is 12.8. The largest absolute Gasteiger partial charge is 1.00 e. The molecule has 0 spiro atoms. The standard InChI is InChI=1S/C12H24N2.2K/c1-7-11(3,4)13-9-10-14-12(5,6)8-2;;/h9-10H,7-8H2,1-6H3;;/q-2;2*+1. The summed E-state index contributed by atoms with van der Waals surface area (Å²) in [5, 5.41) is 8.88. The molecule has 0 amide bonds. The van der Waals surface area contributed by atoms with E-state index < -0.39 is 0 Å². The molecule has 16 heavy (non-hydrogen) atoms. The van der Waals surface area contributed by atoms with Gasteiger partial charge >= 0.3 is 103 Å². The summed E-state index contributed by atoms with van der Waals surface area (Å²) in [4.78, 5) is 0. The Bertz CT molecular complexity index is 169. The van der Waals surface area contributed by atoms with Crippen molar-refractivity contribution in [3.8, 4) is 0 Å². The van der Waals surface area contributed by atoms with Crippen LogP contribution in [0.5, 0.6) is 0 Å². The molecule has 2 nitrogen and oxygen atoms in total. The predicted octanol–water partition coefficient (Wildman–Crippen LogP) is -1.41. The first-order valence-electron chi connectivity index (χ1n) is 5.42. The van der Waals surface area contributed by atoms with Gasteiger partial charge in [-0.3, -0.25) is 0 Å². The Labute approximate surface area is 187 Å². The van der Waals surface area contributed by atoms with Gasteiger partial charge in [0.2, 0.25) is 0 Å². The molecular weight excluding hydrogens is 250 g/mol. The van der Waals surface area contributed by atoms with Gasteiger partial charge in [0.15, 0.2) is 0 Å². The average Bonchev–Trinajstić information content (AvgIpc) is 2.13. The zero-order valence-electron chi connectivity index (χ0n) is 12.5. The van der Waals surface area contributed by atoms with Crippen LogP contribution in [0.4, 0.5) is 0 Å². The Morgan fingerprint density at radius 2 is 1.00 bits per heavy atom. The van der Waals surface area contributed by atoms with Gasteiger partial charge in [0.1, 0.15) is 0 Å². The molecule has 0 atom stereocenters. The summed E-state index contributed by atoms with van der Waals surface area (Å²) in [7, 11) is 0. The molecule has 0 saturated heterocycles. The van der Waals surface area contributed by atoms with Crippen LogP contribution < -0.4 is 103 Å². The van der Waals surface area contributed by atoms with Crippen LogP contribution in [0.1, 0.15) is 54.4 Å². The number of hydrogen-bond acceptors (Lipinski definition) is 0. The third-order valence-electron chi connectivity index (χ3n) is 2.65. The second-order valence-electron chi connectivity index (χ2n) is 4.89. The third-order valence-corrected chi connectivity index (χ3v) is 2.65.